The first-order chi connectivity index (χ1) is 11.9. The van der Waals surface area contributed by atoms with E-state index in [-0.39, 0.29) is 12.1 Å². The summed E-state index contributed by atoms with van der Waals surface area (Å²) in [6.45, 7) is 11.5. The molecule has 4 unspecified atom stereocenters. The average Bonchev–Trinajstić information content (AvgIpc) is 3.18. The molecule has 1 saturated carbocycles. The minimum absolute atomic E-state index is 0.0466. The second-order valence-electron chi connectivity index (χ2n) is 8.37. The van der Waals surface area contributed by atoms with Crippen LogP contribution in [0.4, 0.5) is 10.5 Å². The fourth-order valence-corrected chi connectivity index (χ4v) is 4.34. The molecule has 1 aromatic carbocycles. The fourth-order valence-electron chi connectivity index (χ4n) is 4.34. The quantitative estimate of drug-likeness (QED) is 0.716. The number of nitrogens with one attached hydrogen (secondary N) is 1. The van der Waals surface area contributed by atoms with Crippen molar-refractivity contribution in [3.8, 4) is 0 Å². The molecule has 0 heterocycles. The van der Waals surface area contributed by atoms with Gasteiger partial charge in [-0.2, -0.15) is 0 Å². The van der Waals surface area contributed by atoms with Gasteiger partial charge in [0.15, 0.2) is 0 Å². The lowest BCUT2D eigenvalue weighted by Crippen LogP contribution is -2.47. The van der Waals surface area contributed by atoms with Gasteiger partial charge in [0.25, 0.3) is 0 Å². The van der Waals surface area contributed by atoms with E-state index in [0.717, 1.165) is 29.3 Å². The van der Waals surface area contributed by atoms with Crippen molar-refractivity contribution in [1.82, 2.24) is 4.90 Å². The molecule has 0 radical (unpaired) electrons. The number of amides is 2. The number of rotatable bonds is 5. The van der Waals surface area contributed by atoms with E-state index in [4.69, 9.17) is 0 Å². The number of hydrogen-bond donors (Lipinski definition) is 1. The molecule has 0 aliphatic heterocycles. The Morgan fingerprint density at radius 3 is 2.36 bits per heavy atom. The molecule has 0 saturated heterocycles. The topological polar surface area (TPSA) is 32.3 Å². The van der Waals surface area contributed by atoms with Gasteiger partial charge in [0.05, 0.1) is 0 Å². The van der Waals surface area contributed by atoms with Crippen LogP contribution >= 0.6 is 0 Å². The standard InChI is InChI=1S/C22H32N2O/c1-14(2)17(5)24(13-20-12-18-9-10-19(20)11-18)22(25)23-21-15(3)7-6-8-16(21)4/h6-10,14,17-20H,11-13H2,1-5H3,(H,23,25). The summed E-state index contributed by atoms with van der Waals surface area (Å²) in [7, 11) is 0. The highest BCUT2D eigenvalue weighted by atomic mass is 16.2. The minimum atomic E-state index is 0.0466. The van der Waals surface area contributed by atoms with Crippen molar-refractivity contribution < 1.29 is 4.79 Å². The number of para-hydroxylation sites is 1. The Morgan fingerprint density at radius 1 is 1.16 bits per heavy atom. The van der Waals surface area contributed by atoms with Gasteiger partial charge in [-0.25, -0.2) is 4.79 Å². The SMILES string of the molecule is Cc1cccc(C)c1NC(=O)N(CC1CC2C=CC1C2)C(C)C(C)C. The number of carbonyl (C=O) groups is 1. The Kier molecular flexibility index (Phi) is 5.21. The summed E-state index contributed by atoms with van der Waals surface area (Å²) in [5, 5.41) is 3.20. The first kappa shape index (κ1) is 18.0. The number of fused-ring (bicyclic) bond motifs is 2. The summed E-state index contributed by atoms with van der Waals surface area (Å²) >= 11 is 0. The summed E-state index contributed by atoms with van der Waals surface area (Å²) < 4.78 is 0. The number of anilines is 1. The normalized spacial score (nSPS) is 25.4. The van der Waals surface area contributed by atoms with E-state index in [1.54, 1.807) is 0 Å². The third-order valence-electron chi connectivity index (χ3n) is 6.28. The molecule has 0 spiro atoms. The molecule has 1 N–H and O–H groups in total. The van der Waals surface area contributed by atoms with Crippen LogP contribution in [0.25, 0.3) is 0 Å². The van der Waals surface area contributed by atoms with Crippen molar-refractivity contribution >= 4 is 11.7 Å². The number of allylic oxidation sites excluding steroid dienone is 2. The zero-order valence-corrected chi connectivity index (χ0v) is 16.3. The Morgan fingerprint density at radius 2 is 1.84 bits per heavy atom. The smallest absolute Gasteiger partial charge is 0.321 e. The van der Waals surface area contributed by atoms with E-state index in [1.807, 2.05) is 6.07 Å². The van der Waals surface area contributed by atoms with E-state index in [1.165, 1.54) is 12.8 Å². The van der Waals surface area contributed by atoms with E-state index in [2.05, 4.69) is 69.1 Å². The van der Waals surface area contributed by atoms with Crippen molar-refractivity contribution in [2.24, 2.45) is 23.7 Å². The summed E-state index contributed by atoms with van der Waals surface area (Å²) in [5.74, 6) is 2.46. The molecule has 1 aromatic rings. The van der Waals surface area contributed by atoms with Gasteiger partial charge in [-0.1, -0.05) is 44.2 Å². The molecule has 4 atom stereocenters. The third-order valence-corrected chi connectivity index (χ3v) is 6.28. The molecule has 1 fully saturated rings. The van der Waals surface area contributed by atoms with E-state index in [0.29, 0.717) is 17.8 Å². The minimum Gasteiger partial charge on any atom is -0.321 e. The number of benzene rings is 1. The monoisotopic (exact) mass is 340 g/mol. The highest BCUT2D eigenvalue weighted by Crippen LogP contribution is 2.44. The molecule has 3 heteroatoms. The molecule has 2 aliphatic carbocycles. The van der Waals surface area contributed by atoms with Gasteiger partial charge in [0.1, 0.15) is 0 Å². The number of hydrogen-bond acceptors (Lipinski definition) is 1. The summed E-state index contributed by atoms with van der Waals surface area (Å²) in [6.07, 6.45) is 7.26. The number of aryl methyl sites for hydroxylation is 2. The lowest BCUT2D eigenvalue weighted by Gasteiger charge is -2.35. The Balaban J connectivity index is 1.76. The van der Waals surface area contributed by atoms with Crippen LogP contribution in [-0.4, -0.2) is 23.5 Å². The van der Waals surface area contributed by atoms with E-state index >= 15 is 0 Å². The molecule has 2 bridgehead atoms. The Labute approximate surface area is 152 Å². The molecule has 2 amide bonds. The van der Waals surface area contributed by atoms with Crippen LogP contribution in [0.5, 0.6) is 0 Å². The summed E-state index contributed by atoms with van der Waals surface area (Å²) in [4.78, 5) is 15.2. The lowest BCUT2D eigenvalue weighted by atomic mass is 9.92. The van der Waals surface area contributed by atoms with Gasteiger partial charge in [-0.3, -0.25) is 0 Å². The van der Waals surface area contributed by atoms with Crippen molar-refractivity contribution in [3.05, 3.63) is 41.5 Å². The summed E-state index contributed by atoms with van der Waals surface area (Å²) in [6, 6.07) is 6.42. The zero-order chi connectivity index (χ0) is 18.1. The largest absolute Gasteiger partial charge is 0.322 e. The molecule has 3 nitrogen and oxygen atoms in total. The average molecular weight is 341 g/mol. The van der Waals surface area contributed by atoms with Crippen LogP contribution in [0.15, 0.2) is 30.4 Å². The van der Waals surface area contributed by atoms with Crippen molar-refractivity contribution in [3.63, 3.8) is 0 Å². The maximum atomic E-state index is 13.2. The van der Waals surface area contributed by atoms with Crippen LogP contribution in [0.1, 0.15) is 44.7 Å². The molecular weight excluding hydrogens is 308 g/mol. The zero-order valence-electron chi connectivity index (χ0n) is 16.3. The predicted molar refractivity (Wildman–Crippen MR) is 105 cm³/mol. The Bertz CT molecular complexity index is 644. The van der Waals surface area contributed by atoms with Gasteiger partial charge in [0, 0.05) is 18.3 Å². The highest BCUT2D eigenvalue weighted by Gasteiger charge is 2.38. The van der Waals surface area contributed by atoms with Gasteiger partial charge >= 0.3 is 6.03 Å². The first-order valence-electron chi connectivity index (χ1n) is 9.69. The summed E-state index contributed by atoms with van der Waals surface area (Å²) in [5.41, 5.74) is 3.20. The third kappa shape index (κ3) is 3.75. The van der Waals surface area contributed by atoms with Crippen molar-refractivity contribution in [2.45, 2.75) is 53.5 Å². The maximum Gasteiger partial charge on any atom is 0.322 e. The van der Waals surface area contributed by atoms with Crippen molar-refractivity contribution in [2.75, 3.05) is 11.9 Å². The molecular formula is C22H32N2O. The van der Waals surface area contributed by atoms with Gasteiger partial charge in [-0.15, -0.1) is 0 Å². The van der Waals surface area contributed by atoms with Gasteiger partial charge < -0.3 is 10.2 Å². The highest BCUT2D eigenvalue weighted by molar-refractivity contribution is 5.91. The maximum absolute atomic E-state index is 13.2. The molecule has 3 rings (SSSR count). The first-order valence-corrected chi connectivity index (χ1v) is 9.69. The van der Waals surface area contributed by atoms with Gasteiger partial charge in [-0.05, 0) is 68.4 Å². The van der Waals surface area contributed by atoms with Crippen LogP contribution in [0, 0.1) is 37.5 Å². The number of carbonyl (C=O) groups excluding carboxylic acids is 1. The molecule has 25 heavy (non-hydrogen) atoms. The van der Waals surface area contributed by atoms with Crippen molar-refractivity contribution in [1.29, 1.82) is 0 Å². The van der Waals surface area contributed by atoms with Crippen LogP contribution in [0.3, 0.4) is 0 Å². The van der Waals surface area contributed by atoms with Gasteiger partial charge in [0.2, 0.25) is 0 Å². The fraction of sp³-hybridized carbons (Fsp3) is 0.591. The van der Waals surface area contributed by atoms with E-state index in [9.17, 15) is 4.79 Å². The molecule has 2 aliphatic rings. The second-order valence-corrected chi connectivity index (χ2v) is 8.37. The molecule has 136 valence electrons. The van der Waals surface area contributed by atoms with E-state index < -0.39 is 0 Å². The van der Waals surface area contributed by atoms with Crippen LogP contribution in [-0.2, 0) is 0 Å². The number of nitrogens with zero attached hydrogens (tertiary/aromatic N) is 1. The second kappa shape index (κ2) is 7.23. The van der Waals surface area contributed by atoms with Crippen LogP contribution < -0.4 is 5.32 Å². The number of urea groups is 1. The molecule has 0 aromatic heterocycles. The lowest BCUT2D eigenvalue weighted by molar-refractivity contribution is 0.154. The Hall–Kier alpha value is -1.77. The van der Waals surface area contributed by atoms with Crippen LogP contribution in [0.2, 0.25) is 0 Å². The predicted octanol–water partition coefficient (Wildman–Crippen LogP) is 5.39.